The Kier molecular flexibility index (Phi) is 4.85. The lowest BCUT2D eigenvalue weighted by Gasteiger charge is -2.05. The number of carbonyl (C=O) groups is 2. The molecule has 0 radical (unpaired) electrons. The first-order valence-corrected chi connectivity index (χ1v) is 8.86. The summed E-state index contributed by atoms with van der Waals surface area (Å²) in [4.78, 5) is 29.6. The lowest BCUT2D eigenvalue weighted by atomic mass is 10.1. The first-order valence-electron chi connectivity index (χ1n) is 7.63. The van der Waals surface area contributed by atoms with E-state index in [-0.39, 0.29) is 12.4 Å². The fraction of sp³-hybridized carbons (Fsp3) is 0.222. The van der Waals surface area contributed by atoms with Crippen LogP contribution in [0.5, 0.6) is 0 Å². The minimum atomic E-state index is -0.577. The number of ether oxygens (including phenoxy) is 1. The van der Waals surface area contributed by atoms with E-state index in [1.54, 1.807) is 41.7 Å². The number of nitrogens with zero attached hydrogens (tertiary/aromatic N) is 3. The van der Waals surface area contributed by atoms with E-state index in [2.05, 4.69) is 10.1 Å². The summed E-state index contributed by atoms with van der Waals surface area (Å²) in [5.74, 6) is -0.820. The van der Waals surface area contributed by atoms with Crippen molar-refractivity contribution in [3.63, 3.8) is 0 Å². The second-order valence-corrected chi connectivity index (χ2v) is 6.41. The Balaban J connectivity index is 1.69. The van der Waals surface area contributed by atoms with E-state index in [1.807, 2.05) is 25.3 Å². The topological polar surface area (TPSA) is 74.1 Å². The molecule has 1 aromatic carbocycles. The van der Waals surface area contributed by atoms with Crippen molar-refractivity contribution in [2.45, 2.75) is 11.8 Å². The number of benzene rings is 1. The fourth-order valence-electron chi connectivity index (χ4n) is 2.49. The van der Waals surface area contributed by atoms with Crippen molar-refractivity contribution in [3.8, 4) is 0 Å². The molecule has 2 heterocycles. The molecular weight excluding hydrogens is 338 g/mol. The van der Waals surface area contributed by atoms with E-state index >= 15 is 0 Å². The van der Waals surface area contributed by atoms with Gasteiger partial charge >= 0.3 is 5.97 Å². The fourth-order valence-corrected chi connectivity index (χ4v) is 2.90. The molecule has 25 heavy (non-hydrogen) atoms. The predicted octanol–water partition coefficient (Wildman–Crippen LogP) is 3.04. The minimum absolute atomic E-state index is 0.243. The quantitative estimate of drug-likeness (QED) is 0.398. The van der Waals surface area contributed by atoms with E-state index in [1.165, 1.54) is 6.20 Å². The van der Waals surface area contributed by atoms with Crippen molar-refractivity contribution >= 4 is 34.5 Å². The van der Waals surface area contributed by atoms with Crippen LogP contribution in [0.1, 0.15) is 26.4 Å². The van der Waals surface area contributed by atoms with Gasteiger partial charge in [-0.2, -0.15) is 5.10 Å². The van der Waals surface area contributed by atoms with E-state index in [4.69, 9.17) is 4.74 Å². The number of hydrogen-bond acceptors (Lipinski definition) is 6. The van der Waals surface area contributed by atoms with Gasteiger partial charge in [0.1, 0.15) is 0 Å². The van der Waals surface area contributed by atoms with E-state index in [0.29, 0.717) is 16.8 Å². The molecule has 2 aromatic heterocycles. The Labute approximate surface area is 149 Å². The molecule has 0 N–H and O–H groups in total. The van der Waals surface area contributed by atoms with Gasteiger partial charge in [0.05, 0.1) is 11.3 Å². The van der Waals surface area contributed by atoms with Crippen LogP contribution >= 0.6 is 11.8 Å². The molecule has 0 bridgehead atoms. The maximum absolute atomic E-state index is 12.2. The zero-order chi connectivity index (χ0) is 18.0. The van der Waals surface area contributed by atoms with Gasteiger partial charge in [0, 0.05) is 29.1 Å². The molecule has 0 saturated heterocycles. The Morgan fingerprint density at radius 2 is 1.92 bits per heavy atom. The first kappa shape index (κ1) is 17.2. The van der Waals surface area contributed by atoms with E-state index < -0.39 is 5.97 Å². The summed E-state index contributed by atoms with van der Waals surface area (Å²) < 4.78 is 6.79. The van der Waals surface area contributed by atoms with E-state index in [0.717, 1.165) is 16.0 Å². The maximum Gasteiger partial charge on any atom is 0.340 e. The molecule has 0 aliphatic heterocycles. The standard InChI is InChI=1S/C18H17N3O3S/c1-11-15-8-13(9-19-17(15)21(2)20-11)18(23)24-10-16(22)12-4-6-14(25-3)7-5-12/h4-9H,10H2,1-3H3. The molecule has 0 fully saturated rings. The number of Topliss-reactive ketones (excluding diaryl/α,β-unsaturated/α-hetero) is 1. The SMILES string of the molecule is CSc1ccc(C(=O)COC(=O)c2cnc3c(c2)c(C)nn3C)cc1. The third-order valence-electron chi connectivity index (χ3n) is 3.85. The Bertz CT molecular complexity index is 948. The Morgan fingerprint density at radius 3 is 2.60 bits per heavy atom. The average molecular weight is 355 g/mol. The molecule has 0 aliphatic rings. The summed E-state index contributed by atoms with van der Waals surface area (Å²) in [5.41, 5.74) is 2.29. The molecule has 0 unspecified atom stereocenters. The zero-order valence-electron chi connectivity index (χ0n) is 14.1. The van der Waals surface area contributed by atoms with Crippen molar-refractivity contribution in [2.24, 2.45) is 7.05 Å². The number of ketones is 1. The van der Waals surface area contributed by atoms with Crippen LogP contribution in [0.3, 0.4) is 0 Å². The largest absolute Gasteiger partial charge is 0.454 e. The monoisotopic (exact) mass is 355 g/mol. The maximum atomic E-state index is 12.2. The zero-order valence-corrected chi connectivity index (χ0v) is 15.0. The highest BCUT2D eigenvalue weighted by molar-refractivity contribution is 7.98. The molecule has 0 aliphatic carbocycles. The van der Waals surface area contributed by atoms with Gasteiger partial charge in [0.15, 0.2) is 18.0 Å². The van der Waals surface area contributed by atoms with Crippen LogP contribution in [-0.2, 0) is 11.8 Å². The minimum Gasteiger partial charge on any atom is -0.454 e. The van der Waals surface area contributed by atoms with Crippen molar-refractivity contribution in [3.05, 3.63) is 53.3 Å². The second-order valence-electron chi connectivity index (χ2n) is 5.53. The van der Waals surface area contributed by atoms with Gasteiger partial charge in [-0.1, -0.05) is 12.1 Å². The van der Waals surface area contributed by atoms with Crippen LogP contribution in [0.2, 0.25) is 0 Å². The summed E-state index contributed by atoms with van der Waals surface area (Å²) in [6.45, 7) is 1.54. The van der Waals surface area contributed by atoms with E-state index in [9.17, 15) is 9.59 Å². The molecule has 0 saturated carbocycles. The highest BCUT2D eigenvalue weighted by Gasteiger charge is 2.15. The van der Waals surface area contributed by atoms with Crippen LogP contribution < -0.4 is 0 Å². The van der Waals surface area contributed by atoms with Gasteiger partial charge in [-0.25, -0.2) is 9.78 Å². The van der Waals surface area contributed by atoms with Gasteiger partial charge < -0.3 is 4.74 Å². The number of thioether (sulfide) groups is 1. The van der Waals surface area contributed by atoms with Crippen molar-refractivity contribution in [2.75, 3.05) is 12.9 Å². The number of pyridine rings is 1. The van der Waals surface area contributed by atoms with Crippen LogP contribution in [0.25, 0.3) is 11.0 Å². The van der Waals surface area contributed by atoms with Gasteiger partial charge in [-0.3, -0.25) is 9.48 Å². The van der Waals surface area contributed by atoms with Crippen molar-refractivity contribution < 1.29 is 14.3 Å². The molecule has 128 valence electrons. The van der Waals surface area contributed by atoms with Crippen molar-refractivity contribution in [1.82, 2.24) is 14.8 Å². The third-order valence-corrected chi connectivity index (χ3v) is 4.59. The van der Waals surface area contributed by atoms with Crippen LogP contribution in [0.4, 0.5) is 0 Å². The molecule has 3 rings (SSSR count). The highest BCUT2D eigenvalue weighted by Crippen LogP contribution is 2.18. The number of rotatable bonds is 5. The summed E-state index contributed by atoms with van der Waals surface area (Å²) in [6.07, 6.45) is 3.40. The molecule has 7 heteroatoms. The molecular formula is C18H17N3O3S. The number of aromatic nitrogens is 3. The van der Waals surface area contributed by atoms with Crippen LogP contribution in [-0.4, -0.2) is 39.4 Å². The molecule has 6 nitrogen and oxygen atoms in total. The smallest absolute Gasteiger partial charge is 0.340 e. The summed E-state index contributed by atoms with van der Waals surface area (Å²) in [5, 5.41) is 5.05. The lowest BCUT2D eigenvalue weighted by molar-refractivity contribution is 0.0474. The summed E-state index contributed by atoms with van der Waals surface area (Å²) in [6, 6.07) is 8.87. The lowest BCUT2D eigenvalue weighted by Crippen LogP contribution is -2.14. The Morgan fingerprint density at radius 1 is 1.20 bits per heavy atom. The molecule has 0 amide bonds. The van der Waals surface area contributed by atoms with Gasteiger partial charge in [-0.15, -0.1) is 11.8 Å². The number of hydrogen-bond donors (Lipinski definition) is 0. The van der Waals surface area contributed by atoms with Gasteiger partial charge in [-0.05, 0) is 31.4 Å². The third kappa shape index (κ3) is 3.56. The number of esters is 1. The van der Waals surface area contributed by atoms with Gasteiger partial charge in [0.25, 0.3) is 0 Å². The number of carbonyl (C=O) groups excluding carboxylic acids is 2. The van der Waals surface area contributed by atoms with Crippen LogP contribution in [0, 0.1) is 6.92 Å². The predicted molar refractivity (Wildman–Crippen MR) is 96.1 cm³/mol. The summed E-state index contributed by atoms with van der Waals surface area (Å²) >= 11 is 1.60. The molecule has 0 atom stereocenters. The average Bonchev–Trinajstić information content (AvgIpc) is 2.93. The molecule has 0 spiro atoms. The second kappa shape index (κ2) is 7.06. The van der Waals surface area contributed by atoms with Crippen LogP contribution in [0.15, 0.2) is 41.4 Å². The number of fused-ring (bicyclic) bond motifs is 1. The van der Waals surface area contributed by atoms with Crippen molar-refractivity contribution in [1.29, 1.82) is 0 Å². The summed E-state index contributed by atoms with van der Waals surface area (Å²) in [7, 11) is 1.79. The normalized spacial score (nSPS) is 10.8. The van der Waals surface area contributed by atoms with Gasteiger partial charge in [0.2, 0.25) is 0 Å². The first-order chi connectivity index (χ1) is 12.0. The Hall–Kier alpha value is -2.67. The number of aryl methyl sites for hydroxylation is 2. The molecule has 3 aromatic rings. The highest BCUT2D eigenvalue weighted by atomic mass is 32.2.